The molecule has 2 heteroatoms. The fourth-order valence-electron chi connectivity index (χ4n) is 1.83. The van der Waals surface area contributed by atoms with E-state index in [4.69, 9.17) is 4.74 Å². The van der Waals surface area contributed by atoms with E-state index in [1.54, 1.807) is 13.2 Å². The van der Waals surface area contributed by atoms with Gasteiger partial charge in [-0.05, 0) is 54.3 Å². The summed E-state index contributed by atoms with van der Waals surface area (Å²) in [5.74, 6) is 1.21. The van der Waals surface area contributed by atoms with E-state index in [0.29, 0.717) is 5.75 Å². The van der Waals surface area contributed by atoms with Crippen molar-refractivity contribution in [2.45, 2.75) is 13.8 Å². The lowest BCUT2D eigenvalue weighted by molar-refractivity contribution is 0.412. The Balaban J connectivity index is 2.49. The molecule has 0 amide bonds. The summed E-state index contributed by atoms with van der Waals surface area (Å²) in [5.41, 5.74) is 4.17. The lowest BCUT2D eigenvalue weighted by Crippen LogP contribution is -1.88. The summed E-state index contributed by atoms with van der Waals surface area (Å²) in [5, 5.41) is 9.51. The molecular formula is C15H16O2. The Morgan fingerprint density at radius 3 is 2.18 bits per heavy atom. The molecule has 0 atom stereocenters. The summed E-state index contributed by atoms with van der Waals surface area (Å²) in [6, 6.07) is 11.7. The summed E-state index contributed by atoms with van der Waals surface area (Å²) in [6.45, 7) is 3.91. The Morgan fingerprint density at radius 1 is 0.882 bits per heavy atom. The van der Waals surface area contributed by atoms with Crippen LogP contribution in [0.25, 0.3) is 11.1 Å². The van der Waals surface area contributed by atoms with E-state index >= 15 is 0 Å². The van der Waals surface area contributed by atoms with Crippen molar-refractivity contribution in [3.63, 3.8) is 0 Å². The van der Waals surface area contributed by atoms with E-state index in [0.717, 1.165) is 28.0 Å². The first-order valence-corrected chi connectivity index (χ1v) is 5.56. The minimum Gasteiger partial charge on any atom is -0.508 e. The normalized spacial score (nSPS) is 10.3. The van der Waals surface area contributed by atoms with Crippen LogP contribution in [0.3, 0.4) is 0 Å². The van der Waals surface area contributed by atoms with E-state index in [9.17, 15) is 5.11 Å². The van der Waals surface area contributed by atoms with Gasteiger partial charge in [-0.1, -0.05) is 18.2 Å². The molecule has 0 aliphatic carbocycles. The van der Waals surface area contributed by atoms with Gasteiger partial charge in [0.2, 0.25) is 0 Å². The Bertz CT molecular complexity index is 545. The first-order chi connectivity index (χ1) is 8.11. The molecule has 0 fully saturated rings. The number of phenolic OH excluding ortho intramolecular Hbond substituents is 1. The quantitative estimate of drug-likeness (QED) is 0.849. The zero-order valence-corrected chi connectivity index (χ0v) is 10.3. The lowest BCUT2D eigenvalue weighted by atomic mass is 10.0. The van der Waals surface area contributed by atoms with Gasteiger partial charge < -0.3 is 9.84 Å². The van der Waals surface area contributed by atoms with Gasteiger partial charge in [0.15, 0.2) is 0 Å². The highest BCUT2D eigenvalue weighted by atomic mass is 16.5. The molecule has 2 nitrogen and oxygen atoms in total. The van der Waals surface area contributed by atoms with Crippen molar-refractivity contribution < 1.29 is 9.84 Å². The number of hydrogen-bond donors (Lipinski definition) is 1. The van der Waals surface area contributed by atoms with E-state index in [1.807, 2.05) is 38.1 Å². The average Bonchev–Trinajstić information content (AvgIpc) is 2.33. The predicted octanol–water partition coefficient (Wildman–Crippen LogP) is 3.68. The molecule has 1 N–H and O–H groups in total. The van der Waals surface area contributed by atoms with Crippen LogP contribution in [-0.2, 0) is 0 Å². The summed E-state index contributed by atoms with van der Waals surface area (Å²) in [6.07, 6.45) is 0. The van der Waals surface area contributed by atoms with Crippen molar-refractivity contribution >= 4 is 0 Å². The van der Waals surface area contributed by atoms with Gasteiger partial charge >= 0.3 is 0 Å². The molecule has 17 heavy (non-hydrogen) atoms. The van der Waals surface area contributed by atoms with E-state index in [-0.39, 0.29) is 0 Å². The molecule has 0 bridgehead atoms. The van der Waals surface area contributed by atoms with Crippen molar-refractivity contribution in [3.05, 3.63) is 47.5 Å². The fraction of sp³-hybridized carbons (Fsp3) is 0.200. The highest BCUT2D eigenvalue weighted by molar-refractivity contribution is 5.67. The predicted molar refractivity (Wildman–Crippen MR) is 69.6 cm³/mol. The molecule has 2 rings (SSSR count). The van der Waals surface area contributed by atoms with Crippen LogP contribution in [0.5, 0.6) is 11.5 Å². The SMILES string of the molecule is COc1cc(-c2ccc(O)c(C)c2)ccc1C. The molecule has 0 radical (unpaired) electrons. The molecule has 2 aromatic carbocycles. The van der Waals surface area contributed by atoms with Crippen LogP contribution in [0.1, 0.15) is 11.1 Å². The molecule has 0 saturated heterocycles. The van der Waals surface area contributed by atoms with Gasteiger partial charge in [-0.25, -0.2) is 0 Å². The molecule has 0 aromatic heterocycles. The number of methoxy groups -OCH3 is 1. The summed E-state index contributed by atoms with van der Waals surface area (Å²) in [7, 11) is 1.67. The third-order valence-electron chi connectivity index (χ3n) is 2.94. The second-order valence-electron chi connectivity index (χ2n) is 4.19. The summed E-state index contributed by atoms with van der Waals surface area (Å²) < 4.78 is 5.31. The molecule has 0 heterocycles. The van der Waals surface area contributed by atoms with Crippen molar-refractivity contribution in [3.8, 4) is 22.6 Å². The van der Waals surface area contributed by atoms with Crippen molar-refractivity contribution in [2.75, 3.05) is 7.11 Å². The maximum Gasteiger partial charge on any atom is 0.122 e. The molecule has 0 aliphatic heterocycles. The van der Waals surface area contributed by atoms with Crippen LogP contribution in [0.4, 0.5) is 0 Å². The second kappa shape index (κ2) is 4.50. The number of rotatable bonds is 2. The second-order valence-corrected chi connectivity index (χ2v) is 4.19. The Labute approximate surface area is 101 Å². The molecule has 88 valence electrons. The van der Waals surface area contributed by atoms with E-state index in [2.05, 4.69) is 6.07 Å². The van der Waals surface area contributed by atoms with Gasteiger partial charge in [0, 0.05) is 0 Å². The number of aromatic hydroxyl groups is 1. The number of hydrogen-bond acceptors (Lipinski definition) is 2. The number of phenols is 1. The highest BCUT2D eigenvalue weighted by Gasteiger charge is 2.04. The monoisotopic (exact) mass is 228 g/mol. The standard InChI is InChI=1S/C15H16O2/c1-10-4-5-13(9-15(10)17-3)12-6-7-14(16)11(2)8-12/h4-9,16H,1-3H3. The van der Waals surface area contributed by atoms with Gasteiger partial charge in [-0.2, -0.15) is 0 Å². The van der Waals surface area contributed by atoms with Crippen LogP contribution in [0.2, 0.25) is 0 Å². The zero-order valence-electron chi connectivity index (χ0n) is 10.3. The van der Waals surface area contributed by atoms with Gasteiger partial charge in [0.25, 0.3) is 0 Å². The molecule has 0 spiro atoms. The maximum absolute atomic E-state index is 9.51. The minimum absolute atomic E-state index is 0.327. The first-order valence-electron chi connectivity index (χ1n) is 5.56. The summed E-state index contributed by atoms with van der Waals surface area (Å²) >= 11 is 0. The molecular weight excluding hydrogens is 212 g/mol. The Kier molecular flexibility index (Phi) is 3.05. The maximum atomic E-state index is 9.51. The lowest BCUT2D eigenvalue weighted by Gasteiger charge is -2.09. The number of ether oxygens (including phenoxy) is 1. The molecule has 2 aromatic rings. The molecule has 0 saturated carbocycles. The van der Waals surface area contributed by atoms with Crippen molar-refractivity contribution in [1.82, 2.24) is 0 Å². The highest BCUT2D eigenvalue weighted by Crippen LogP contribution is 2.29. The van der Waals surface area contributed by atoms with Gasteiger partial charge in [-0.15, -0.1) is 0 Å². The number of benzene rings is 2. The molecule has 0 unspecified atom stereocenters. The van der Waals surface area contributed by atoms with Crippen LogP contribution in [0, 0.1) is 13.8 Å². The average molecular weight is 228 g/mol. The molecule has 0 aliphatic rings. The van der Waals surface area contributed by atoms with Crippen molar-refractivity contribution in [2.24, 2.45) is 0 Å². The Morgan fingerprint density at radius 2 is 1.53 bits per heavy atom. The van der Waals surface area contributed by atoms with Crippen molar-refractivity contribution in [1.29, 1.82) is 0 Å². The minimum atomic E-state index is 0.327. The van der Waals surface area contributed by atoms with Gasteiger partial charge in [0.1, 0.15) is 11.5 Å². The fourth-order valence-corrected chi connectivity index (χ4v) is 1.83. The zero-order chi connectivity index (χ0) is 12.4. The number of aryl methyl sites for hydroxylation is 2. The van der Waals surface area contributed by atoms with Crippen LogP contribution < -0.4 is 4.74 Å². The first kappa shape index (κ1) is 11.5. The third kappa shape index (κ3) is 2.26. The van der Waals surface area contributed by atoms with E-state index in [1.165, 1.54) is 0 Å². The van der Waals surface area contributed by atoms with E-state index < -0.39 is 0 Å². The van der Waals surface area contributed by atoms with Gasteiger partial charge in [-0.3, -0.25) is 0 Å². The van der Waals surface area contributed by atoms with Crippen LogP contribution in [0.15, 0.2) is 36.4 Å². The summed E-state index contributed by atoms with van der Waals surface area (Å²) in [4.78, 5) is 0. The third-order valence-corrected chi connectivity index (χ3v) is 2.94. The van der Waals surface area contributed by atoms with Gasteiger partial charge in [0.05, 0.1) is 7.11 Å². The van der Waals surface area contributed by atoms with Crippen LogP contribution in [-0.4, -0.2) is 12.2 Å². The topological polar surface area (TPSA) is 29.5 Å². The van der Waals surface area contributed by atoms with Crippen LogP contribution >= 0.6 is 0 Å². The largest absolute Gasteiger partial charge is 0.508 e. The Hall–Kier alpha value is -1.96. The smallest absolute Gasteiger partial charge is 0.122 e.